The molecule has 0 amide bonds. The van der Waals surface area contributed by atoms with Gasteiger partial charge in [0.15, 0.2) is 11.6 Å². The first-order chi connectivity index (χ1) is 11.0. The number of fused-ring (bicyclic) bond motifs is 1. The second-order valence-corrected chi connectivity index (χ2v) is 5.04. The summed E-state index contributed by atoms with van der Waals surface area (Å²) in [5, 5.41) is 17.0. The number of aryl methyl sites for hydroxylation is 1. The summed E-state index contributed by atoms with van der Waals surface area (Å²) in [7, 11) is 0. The van der Waals surface area contributed by atoms with E-state index in [0.717, 1.165) is 5.56 Å². The van der Waals surface area contributed by atoms with E-state index < -0.39 is 11.8 Å². The van der Waals surface area contributed by atoms with Crippen molar-refractivity contribution in [1.82, 2.24) is 9.38 Å². The molecule has 0 unspecified atom stereocenters. The van der Waals surface area contributed by atoms with Crippen LogP contribution in [0.4, 0.5) is 15.9 Å². The highest BCUT2D eigenvalue weighted by Crippen LogP contribution is 2.26. The van der Waals surface area contributed by atoms with Crippen LogP contribution in [-0.2, 0) is 11.2 Å². The van der Waals surface area contributed by atoms with Gasteiger partial charge in [-0.2, -0.15) is 0 Å². The topological polar surface area (TPSA) is 79.3 Å². The second-order valence-electron chi connectivity index (χ2n) is 5.04. The average molecular weight is 312 g/mol. The summed E-state index contributed by atoms with van der Waals surface area (Å²) in [4.78, 5) is 15.3. The van der Waals surface area contributed by atoms with Gasteiger partial charge in [0.05, 0.1) is 12.1 Å². The molecule has 0 fully saturated rings. The summed E-state index contributed by atoms with van der Waals surface area (Å²) in [5.74, 6) is -1.23. The highest BCUT2D eigenvalue weighted by molar-refractivity contribution is 5.72. The Kier molecular flexibility index (Phi) is 3.84. The van der Waals surface area contributed by atoms with Crippen molar-refractivity contribution in [2.45, 2.75) is 13.3 Å². The summed E-state index contributed by atoms with van der Waals surface area (Å²) < 4.78 is 15.3. The van der Waals surface area contributed by atoms with Crippen molar-refractivity contribution < 1.29 is 14.3 Å². The molecule has 0 aliphatic heterocycles. The Morgan fingerprint density at radius 2 is 2.04 bits per heavy atom. The number of pyridine rings is 1. The first kappa shape index (κ1) is 14.8. The first-order valence-electron chi connectivity index (χ1n) is 6.90. The van der Waals surface area contributed by atoms with Crippen molar-refractivity contribution in [3.8, 4) is 0 Å². The van der Waals surface area contributed by atoms with Crippen LogP contribution in [0.2, 0.25) is 0 Å². The number of benzene rings is 1. The molecule has 1 aromatic carbocycles. The molecule has 2 aromatic heterocycles. The molecule has 0 atom stereocenters. The standard InChI is InChI=1S/C16H13FN4O2/c1-10-6-7-14-18-13(8-15(22)23)16(21(14)9-10)20-19-12-5-3-2-4-11(12)17/h2-7,9H,8H2,1H3,(H,22,23). The molecule has 1 N–H and O–H groups in total. The van der Waals surface area contributed by atoms with E-state index in [4.69, 9.17) is 5.11 Å². The third kappa shape index (κ3) is 3.08. The number of carbonyl (C=O) groups is 1. The summed E-state index contributed by atoms with van der Waals surface area (Å²) in [5.41, 5.74) is 1.88. The lowest BCUT2D eigenvalue weighted by atomic mass is 10.3. The van der Waals surface area contributed by atoms with Crippen molar-refractivity contribution in [2.24, 2.45) is 10.2 Å². The summed E-state index contributed by atoms with van der Waals surface area (Å²) in [6, 6.07) is 9.61. The van der Waals surface area contributed by atoms with Crippen molar-refractivity contribution in [3.63, 3.8) is 0 Å². The van der Waals surface area contributed by atoms with Gasteiger partial charge in [-0.3, -0.25) is 9.20 Å². The monoisotopic (exact) mass is 312 g/mol. The van der Waals surface area contributed by atoms with E-state index in [9.17, 15) is 9.18 Å². The molecule has 23 heavy (non-hydrogen) atoms. The van der Waals surface area contributed by atoms with Gasteiger partial charge < -0.3 is 5.11 Å². The third-order valence-corrected chi connectivity index (χ3v) is 3.23. The van der Waals surface area contributed by atoms with Crippen molar-refractivity contribution in [3.05, 3.63) is 59.7 Å². The lowest BCUT2D eigenvalue weighted by molar-refractivity contribution is -0.136. The largest absolute Gasteiger partial charge is 0.481 e. The SMILES string of the molecule is Cc1ccc2nc(CC(=O)O)c(N=Nc3ccccc3F)n2c1. The molecule has 0 radical (unpaired) electrons. The minimum absolute atomic E-state index is 0.0800. The van der Waals surface area contributed by atoms with E-state index in [-0.39, 0.29) is 23.6 Å². The molecule has 116 valence electrons. The van der Waals surface area contributed by atoms with E-state index in [2.05, 4.69) is 15.2 Å². The number of rotatable bonds is 4. The van der Waals surface area contributed by atoms with Crippen LogP contribution in [0.5, 0.6) is 0 Å². The molecular weight excluding hydrogens is 299 g/mol. The maximum Gasteiger partial charge on any atom is 0.309 e. The third-order valence-electron chi connectivity index (χ3n) is 3.23. The molecule has 0 spiro atoms. The van der Waals surface area contributed by atoms with Crippen LogP contribution in [0.15, 0.2) is 52.8 Å². The maximum atomic E-state index is 13.6. The summed E-state index contributed by atoms with van der Waals surface area (Å²) in [6.45, 7) is 1.90. The zero-order valence-electron chi connectivity index (χ0n) is 12.3. The van der Waals surface area contributed by atoms with Crippen LogP contribution in [-0.4, -0.2) is 20.5 Å². The van der Waals surface area contributed by atoms with Crippen LogP contribution in [0.3, 0.4) is 0 Å². The Bertz CT molecular complexity index is 918. The molecule has 3 rings (SSSR count). The number of halogens is 1. The number of carboxylic acid groups (broad SMARTS) is 1. The quantitative estimate of drug-likeness (QED) is 0.744. The number of aliphatic carboxylic acids is 1. The fraction of sp³-hybridized carbons (Fsp3) is 0.125. The molecule has 0 bridgehead atoms. The molecule has 0 aliphatic carbocycles. The lowest BCUT2D eigenvalue weighted by Crippen LogP contribution is -2.00. The van der Waals surface area contributed by atoms with E-state index in [1.807, 2.05) is 13.0 Å². The number of carboxylic acids is 1. The average Bonchev–Trinajstić information content (AvgIpc) is 2.82. The van der Waals surface area contributed by atoms with Crippen LogP contribution < -0.4 is 0 Å². The van der Waals surface area contributed by atoms with Gasteiger partial charge in [-0.05, 0) is 30.7 Å². The predicted octanol–water partition coefficient (Wildman–Crippen LogP) is 3.82. The van der Waals surface area contributed by atoms with Gasteiger partial charge in [-0.1, -0.05) is 18.2 Å². The summed E-state index contributed by atoms with van der Waals surface area (Å²) >= 11 is 0. The first-order valence-corrected chi connectivity index (χ1v) is 6.90. The van der Waals surface area contributed by atoms with Gasteiger partial charge >= 0.3 is 5.97 Å². The van der Waals surface area contributed by atoms with Gasteiger partial charge in [-0.15, -0.1) is 10.2 Å². The van der Waals surface area contributed by atoms with Gasteiger partial charge in [0, 0.05) is 6.20 Å². The van der Waals surface area contributed by atoms with Crippen molar-refractivity contribution in [2.75, 3.05) is 0 Å². The van der Waals surface area contributed by atoms with E-state index in [1.54, 1.807) is 28.8 Å². The van der Waals surface area contributed by atoms with Crippen LogP contribution in [0.25, 0.3) is 5.65 Å². The molecule has 3 aromatic rings. The zero-order chi connectivity index (χ0) is 16.4. The zero-order valence-corrected chi connectivity index (χ0v) is 12.3. The Hall–Kier alpha value is -3.09. The minimum atomic E-state index is -1.02. The Balaban J connectivity index is 2.12. The molecule has 0 aliphatic rings. The molecule has 0 saturated carbocycles. The maximum absolute atomic E-state index is 13.6. The highest BCUT2D eigenvalue weighted by atomic mass is 19.1. The van der Waals surface area contributed by atoms with Crippen LogP contribution >= 0.6 is 0 Å². The number of hydrogen-bond donors (Lipinski definition) is 1. The minimum Gasteiger partial charge on any atom is -0.481 e. The molecule has 7 heteroatoms. The smallest absolute Gasteiger partial charge is 0.309 e. The molecular formula is C16H13FN4O2. The fourth-order valence-electron chi connectivity index (χ4n) is 2.19. The van der Waals surface area contributed by atoms with Gasteiger partial charge in [0.25, 0.3) is 0 Å². The fourth-order valence-corrected chi connectivity index (χ4v) is 2.19. The van der Waals surface area contributed by atoms with Gasteiger partial charge in [0.2, 0.25) is 0 Å². The summed E-state index contributed by atoms with van der Waals surface area (Å²) in [6.07, 6.45) is 1.50. The van der Waals surface area contributed by atoms with Crippen LogP contribution in [0, 0.1) is 12.7 Å². The number of aromatic nitrogens is 2. The van der Waals surface area contributed by atoms with E-state index in [1.165, 1.54) is 12.1 Å². The normalized spacial score (nSPS) is 11.4. The van der Waals surface area contributed by atoms with E-state index in [0.29, 0.717) is 5.65 Å². The lowest BCUT2D eigenvalue weighted by Gasteiger charge is -1.99. The number of imidazole rings is 1. The number of azo groups is 1. The van der Waals surface area contributed by atoms with Crippen LogP contribution in [0.1, 0.15) is 11.3 Å². The Labute approximate surface area is 130 Å². The second kappa shape index (κ2) is 5.96. The highest BCUT2D eigenvalue weighted by Gasteiger charge is 2.15. The molecule has 2 heterocycles. The Morgan fingerprint density at radius 1 is 1.26 bits per heavy atom. The van der Waals surface area contributed by atoms with Gasteiger partial charge in [0.1, 0.15) is 11.3 Å². The number of nitrogens with zero attached hydrogens (tertiary/aromatic N) is 4. The van der Waals surface area contributed by atoms with E-state index >= 15 is 0 Å². The van der Waals surface area contributed by atoms with Crippen molar-refractivity contribution in [1.29, 1.82) is 0 Å². The Morgan fingerprint density at radius 3 is 2.78 bits per heavy atom. The molecule has 0 saturated heterocycles. The number of hydrogen-bond acceptors (Lipinski definition) is 4. The van der Waals surface area contributed by atoms with Crippen molar-refractivity contribution >= 4 is 23.1 Å². The molecule has 6 nitrogen and oxygen atoms in total. The predicted molar refractivity (Wildman–Crippen MR) is 81.8 cm³/mol. The van der Waals surface area contributed by atoms with Gasteiger partial charge in [-0.25, -0.2) is 9.37 Å².